The second-order valence-corrected chi connectivity index (χ2v) is 6.03. The lowest BCUT2D eigenvalue weighted by Crippen LogP contribution is -2.48. The largest absolute Gasteiger partial charge is 0.475 e. The van der Waals surface area contributed by atoms with Crippen molar-refractivity contribution < 1.29 is 32.4 Å². The first-order chi connectivity index (χ1) is 11.2. The summed E-state index contributed by atoms with van der Waals surface area (Å²) in [4.78, 5) is 11.6. The number of halogens is 3. The summed E-state index contributed by atoms with van der Waals surface area (Å²) in [5.41, 5.74) is -0.876. The maximum atomic E-state index is 13.0. The summed E-state index contributed by atoms with van der Waals surface area (Å²) in [6.45, 7) is 0. The van der Waals surface area contributed by atoms with Gasteiger partial charge in [-0.25, -0.2) is 0 Å². The number of furan rings is 1. The summed E-state index contributed by atoms with van der Waals surface area (Å²) in [5.74, 6) is -1.32. The number of carbonyl (C=O) groups excluding carboxylic acids is 1. The molecule has 1 heterocycles. The molecule has 0 aliphatic heterocycles. The molecule has 10 heteroatoms. The lowest BCUT2D eigenvalue weighted by molar-refractivity contribution is -0.136. The molecule has 2 rings (SSSR count). The van der Waals surface area contributed by atoms with Gasteiger partial charge in [-0.2, -0.15) is 24.9 Å². The molecule has 130 valence electrons. The van der Waals surface area contributed by atoms with Crippen LogP contribution in [0.3, 0.4) is 0 Å². The van der Waals surface area contributed by atoms with Crippen LogP contribution in [0.5, 0.6) is 0 Å². The third-order valence-electron chi connectivity index (χ3n) is 3.41. The van der Waals surface area contributed by atoms with Crippen molar-refractivity contribution in [2.45, 2.75) is 18.5 Å². The van der Waals surface area contributed by atoms with Crippen molar-refractivity contribution in [3.8, 4) is 0 Å². The zero-order valence-electron chi connectivity index (χ0n) is 12.6. The smallest absolute Gasteiger partial charge is 0.463 e. The van der Waals surface area contributed by atoms with Gasteiger partial charge >= 0.3 is 13.3 Å². The molecule has 1 unspecified atom stereocenters. The molecule has 0 aliphatic rings. The fourth-order valence-electron chi connectivity index (χ4n) is 2.34. The number of para-hydroxylation sites is 1. The molecule has 1 atom stereocenters. The van der Waals surface area contributed by atoms with E-state index in [-0.39, 0.29) is 23.1 Å². The van der Waals surface area contributed by atoms with Crippen LogP contribution < -0.4 is 5.32 Å². The van der Waals surface area contributed by atoms with E-state index in [0.717, 1.165) is 12.3 Å². The fourth-order valence-corrected chi connectivity index (χ4v) is 2.68. The van der Waals surface area contributed by atoms with Gasteiger partial charge in [0.1, 0.15) is 5.58 Å². The van der Waals surface area contributed by atoms with Crippen molar-refractivity contribution >= 4 is 35.8 Å². The van der Waals surface area contributed by atoms with Gasteiger partial charge in [-0.05, 0) is 24.3 Å². The van der Waals surface area contributed by atoms with E-state index < -0.39 is 30.7 Å². The van der Waals surface area contributed by atoms with E-state index in [1.54, 1.807) is 6.26 Å². The summed E-state index contributed by atoms with van der Waals surface area (Å²) in [6.07, 6.45) is -1.79. The Hall–Kier alpha value is -1.65. The first kappa shape index (κ1) is 18.7. The molecule has 0 spiro atoms. The van der Waals surface area contributed by atoms with E-state index in [9.17, 15) is 28.0 Å². The lowest BCUT2D eigenvalue weighted by Gasteiger charge is -2.17. The zero-order chi connectivity index (χ0) is 17.9. The van der Waals surface area contributed by atoms with Gasteiger partial charge in [0.2, 0.25) is 5.91 Å². The minimum Gasteiger partial charge on any atom is -0.463 e. The highest BCUT2D eigenvalue weighted by Gasteiger charge is 2.35. The van der Waals surface area contributed by atoms with Crippen LogP contribution in [-0.4, -0.2) is 41.0 Å². The van der Waals surface area contributed by atoms with Crippen LogP contribution in [0.25, 0.3) is 11.0 Å². The number of hydrogen-bond donors (Lipinski definition) is 3. The van der Waals surface area contributed by atoms with Gasteiger partial charge in [0.25, 0.3) is 0 Å². The summed E-state index contributed by atoms with van der Waals surface area (Å²) >= 11 is 1.26. The molecule has 1 aromatic heterocycles. The number of carbonyl (C=O) groups is 1. The summed E-state index contributed by atoms with van der Waals surface area (Å²) in [6, 6.07) is 3.61. The molecule has 5 nitrogen and oxygen atoms in total. The molecule has 1 amide bonds. The van der Waals surface area contributed by atoms with Gasteiger partial charge in [0.05, 0.1) is 23.5 Å². The third kappa shape index (κ3) is 4.25. The van der Waals surface area contributed by atoms with Crippen molar-refractivity contribution in [2.24, 2.45) is 0 Å². The molecule has 0 saturated heterocycles. The topological polar surface area (TPSA) is 82.7 Å². The SMILES string of the molecule is CSCC(=O)NC(Cc1coc2c(C(F)(F)F)cccc12)B(O)O. The Bertz CT molecular complexity index is 720. The lowest BCUT2D eigenvalue weighted by atomic mass is 9.76. The number of amides is 1. The van der Waals surface area contributed by atoms with Gasteiger partial charge in [-0.3, -0.25) is 4.79 Å². The molecule has 0 fully saturated rings. The van der Waals surface area contributed by atoms with Crippen molar-refractivity contribution in [1.29, 1.82) is 0 Å². The van der Waals surface area contributed by atoms with Crippen LogP contribution in [0, 0.1) is 0 Å². The first-order valence-electron chi connectivity index (χ1n) is 6.94. The summed E-state index contributed by atoms with van der Waals surface area (Å²) in [7, 11) is -1.86. The van der Waals surface area contributed by atoms with Gasteiger partial charge in [-0.15, -0.1) is 0 Å². The van der Waals surface area contributed by atoms with E-state index in [2.05, 4.69) is 5.32 Å². The van der Waals surface area contributed by atoms with Crippen molar-refractivity contribution in [2.75, 3.05) is 12.0 Å². The van der Waals surface area contributed by atoms with Gasteiger partial charge in [-0.1, -0.05) is 12.1 Å². The second-order valence-electron chi connectivity index (χ2n) is 5.17. The standard InChI is InChI=1S/C14H15BF3NO4S/c1-24-7-12(20)19-11(15(21)22)5-8-6-23-13-9(8)3-2-4-10(13)14(16,17)18/h2-4,6,11,21-22H,5,7H2,1H3,(H,19,20). The predicted molar refractivity (Wildman–Crippen MR) is 85.4 cm³/mol. The summed E-state index contributed by atoms with van der Waals surface area (Å²) in [5, 5.41) is 21.5. The molecule has 0 saturated carbocycles. The molecule has 0 aliphatic carbocycles. The van der Waals surface area contributed by atoms with E-state index in [1.807, 2.05) is 0 Å². The van der Waals surface area contributed by atoms with Gasteiger partial charge < -0.3 is 19.8 Å². The monoisotopic (exact) mass is 361 g/mol. The minimum atomic E-state index is -4.56. The first-order valence-corrected chi connectivity index (χ1v) is 8.34. The zero-order valence-corrected chi connectivity index (χ0v) is 13.4. The molecule has 3 N–H and O–H groups in total. The average Bonchev–Trinajstić information content (AvgIpc) is 2.88. The highest BCUT2D eigenvalue weighted by atomic mass is 32.2. The van der Waals surface area contributed by atoms with Crippen LogP contribution in [0.2, 0.25) is 0 Å². The van der Waals surface area contributed by atoms with E-state index in [1.165, 1.54) is 23.9 Å². The quantitative estimate of drug-likeness (QED) is 0.685. The highest BCUT2D eigenvalue weighted by Crippen LogP contribution is 2.36. The number of nitrogens with one attached hydrogen (secondary N) is 1. The number of thioether (sulfide) groups is 1. The number of benzene rings is 1. The maximum absolute atomic E-state index is 13.0. The predicted octanol–water partition coefficient (Wildman–Crippen LogP) is 1.85. The number of rotatable bonds is 6. The molecule has 24 heavy (non-hydrogen) atoms. The van der Waals surface area contributed by atoms with Crippen LogP contribution in [0.4, 0.5) is 13.2 Å². The molecular formula is C14H15BF3NO4S. The van der Waals surface area contributed by atoms with E-state index in [0.29, 0.717) is 5.56 Å². The molecule has 2 aromatic rings. The Morgan fingerprint density at radius 2 is 2.12 bits per heavy atom. The van der Waals surface area contributed by atoms with Crippen molar-refractivity contribution in [3.63, 3.8) is 0 Å². The Labute approximate surface area is 140 Å². The number of alkyl halides is 3. The Morgan fingerprint density at radius 1 is 1.42 bits per heavy atom. The molecule has 0 radical (unpaired) electrons. The van der Waals surface area contributed by atoms with Gasteiger partial charge in [0, 0.05) is 5.39 Å². The fraction of sp³-hybridized carbons (Fsp3) is 0.357. The van der Waals surface area contributed by atoms with Crippen molar-refractivity contribution in [3.05, 3.63) is 35.6 Å². The van der Waals surface area contributed by atoms with Crippen LogP contribution >= 0.6 is 11.8 Å². The minimum absolute atomic E-state index is 0.0773. The Kier molecular flexibility index (Phi) is 5.84. The highest BCUT2D eigenvalue weighted by molar-refractivity contribution is 7.99. The molecule has 0 bridgehead atoms. The summed E-state index contributed by atoms with van der Waals surface area (Å²) < 4.78 is 44.0. The second kappa shape index (κ2) is 7.50. The number of fused-ring (bicyclic) bond motifs is 1. The van der Waals surface area contributed by atoms with Crippen LogP contribution in [0.1, 0.15) is 11.1 Å². The van der Waals surface area contributed by atoms with E-state index >= 15 is 0 Å². The molecular weight excluding hydrogens is 346 g/mol. The third-order valence-corrected chi connectivity index (χ3v) is 3.96. The Balaban J connectivity index is 2.30. The average molecular weight is 361 g/mol. The van der Waals surface area contributed by atoms with E-state index in [4.69, 9.17) is 4.42 Å². The normalized spacial score (nSPS) is 13.1. The van der Waals surface area contributed by atoms with Crippen molar-refractivity contribution in [1.82, 2.24) is 5.32 Å². The van der Waals surface area contributed by atoms with Gasteiger partial charge in [0.15, 0.2) is 0 Å². The molecule has 1 aromatic carbocycles. The number of hydrogen-bond acceptors (Lipinski definition) is 5. The van der Waals surface area contributed by atoms with Crippen LogP contribution in [0.15, 0.2) is 28.9 Å². The maximum Gasteiger partial charge on any atom is 0.475 e. The Morgan fingerprint density at radius 3 is 2.71 bits per heavy atom. The van der Waals surface area contributed by atoms with Crippen LogP contribution in [-0.2, 0) is 17.4 Å².